The van der Waals surface area contributed by atoms with E-state index in [-0.39, 0.29) is 18.1 Å². The molecule has 0 fully saturated rings. The van der Waals surface area contributed by atoms with Gasteiger partial charge in [0.15, 0.2) is 0 Å². The number of nitrogens with one attached hydrogen (secondary N) is 2. The molecular formula is C16H12N4O2. The maximum Gasteiger partial charge on any atom is 0.326 e. The van der Waals surface area contributed by atoms with E-state index >= 15 is 0 Å². The highest BCUT2D eigenvalue weighted by Crippen LogP contribution is 2.11. The molecule has 1 aromatic heterocycles. The average Bonchev–Trinajstić information content (AvgIpc) is 2.84. The summed E-state index contributed by atoms with van der Waals surface area (Å²) in [6.07, 6.45) is 0. The van der Waals surface area contributed by atoms with E-state index < -0.39 is 0 Å². The minimum absolute atomic E-state index is 0.0805. The minimum atomic E-state index is -0.323. The Morgan fingerprint density at radius 1 is 1.18 bits per heavy atom. The van der Waals surface area contributed by atoms with E-state index in [1.807, 2.05) is 18.2 Å². The number of nitrogens with zero attached hydrogens (tertiary/aromatic N) is 2. The molecule has 6 heteroatoms. The van der Waals surface area contributed by atoms with Crippen LogP contribution >= 0.6 is 0 Å². The number of amides is 1. The molecule has 3 rings (SSSR count). The van der Waals surface area contributed by atoms with Crippen molar-refractivity contribution >= 4 is 22.6 Å². The Balaban J connectivity index is 1.80. The predicted molar refractivity (Wildman–Crippen MR) is 82.3 cm³/mol. The quantitative estimate of drug-likeness (QED) is 0.771. The van der Waals surface area contributed by atoms with E-state index in [1.165, 1.54) is 4.57 Å². The zero-order valence-corrected chi connectivity index (χ0v) is 11.5. The summed E-state index contributed by atoms with van der Waals surface area (Å²) in [7, 11) is 0. The summed E-state index contributed by atoms with van der Waals surface area (Å²) in [6.45, 7) is -0.0805. The maximum absolute atomic E-state index is 12.1. The van der Waals surface area contributed by atoms with Crippen LogP contribution < -0.4 is 11.0 Å². The number of carbonyl (C=O) groups is 1. The Labute approximate surface area is 125 Å². The van der Waals surface area contributed by atoms with Crippen LogP contribution in [0.15, 0.2) is 53.3 Å². The first-order chi connectivity index (χ1) is 10.7. The zero-order chi connectivity index (χ0) is 15.5. The van der Waals surface area contributed by atoms with Crippen molar-refractivity contribution in [3.63, 3.8) is 0 Å². The molecule has 0 unspecified atom stereocenters. The number of carbonyl (C=O) groups excluding carboxylic acids is 1. The second kappa shape index (κ2) is 5.58. The molecule has 3 aromatic rings. The number of nitriles is 1. The smallest absolute Gasteiger partial charge is 0.325 e. The van der Waals surface area contributed by atoms with Gasteiger partial charge in [-0.3, -0.25) is 9.36 Å². The molecular weight excluding hydrogens is 280 g/mol. The summed E-state index contributed by atoms with van der Waals surface area (Å²) in [6, 6.07) is 15.7. The number of aromatic amines is 1. The number of para-hydroxylation sites is 2. The lowest BCUT2D eigenvalue weighted by Gasteiger charge is -2.06. The first kappa shape index (κ1) is 13.6. The summed E-state index contributed by atoms with van der Waals surface area (Å²) in [5, 5.41) is 11.4. The zero-order valence-electron chi connectivity index (χ0n) is 11.5. The molecule has 2 N–H and O–H groups in total. The summed E-state index contributed by atoms with van der Waals surface area (Å²) in [5.74, 6) is -0.309. The summed E-state index contributed by atoms with van der Waals surface area (Å²) < 4.78 is 1.38. The van der Waals surface area contributed by atoms with Crippen LogP contribution in [-0.4, -0.2) is 15.5 Å². The van der Waals surface area contributed by atoms with Crippen molar-refractivity contribution in [1.82, 2.24) is 9.55 Å². The van der Waals surface area contributed by atoms with E-state index in [2.05, 4.69) is 10.3 Å². The van der Waals surface area contributed by atoms with E-state index in [0.29, 0.717) is 22.3 Å². The van der Waals surface area contributed by atoms with Gasteiger partial charge in [-0.2, -0.15) is 5.26 Å². The van der Waals surface area contributed by atoms with Gasteiger partial charge in [-0.1, -0.05) is 12.1 Å². The number of benzene rings is 2. The van der Waals surface area contributed by atoms with Crippen LogP contribution in [0.5, 0.6) is 0 Å². The van der Waals surface area contributed by atoms with Crippen molar-refractivity contribution < 1.29 is 4.79 Å². The Hall–Kier alpha value is -3.33. The van der Waals surface area contributed by atoms with Crippen LogP contribution in [0.4, 0.5) is 5.69 Å². The first-order valence-corrected chi connectivity index (χ1v) is 6.65. The lowest BCUT2D eigenvalue weighted by molar-refractivity contribution is -0.116. The monoisotopic (exact) mass is 292 g/mol. The first-order valence-electron chi connectivity index (χ1n) is 6.65. The Morgan fingerprint density at radius 2 is 1.91 bits per heavy atom. The van der Waals surface area contributed by atoms with E-state index in [0.717, 1.165) is 0 Å². The van der Waals surface area contributed by atoms with Gasteiger partial charge in [0.2, 0.25) is 5.91 Å². The minimum Gasteiger partial charge on any atom is -0.325 e. The number of imidazole rings is 1. The van der Waals surface area contributed by atoms with Crippen LogP contribution in [-0.2, 0) is 11.3 Å². The van der Waals surface area contributed by atoms with Crippen molar-refractivity contribution in [2.24, 2.45) is 0 Å². The SMILES string of the molecule is N#Cc1ccc(NC(=O)Cn2c(=O)[nH]c3ccccc32)cc1. The van der Waals surface area contributed by atoms with E-state index in [9.17, 15) is 9.59 Å². The standard InChI is InChI=1S/C16H12N4O2/c17-9-11-5-7-12(8-6-11)18-15(21)10-20-14-4-2-1-3-13(14)19-16(20)22/h1-8H,10H2,(H,18,21)(H,19,22). The Morgan fingerprint density at radius 3 is 2.64 bits per heavy atom. The highest BCUT2D eigenvalue weighted by molar-refractivity contribution is 5.91. The van der Waals surface area contributed by atoms with Crippen LogP contribution in [0.2, 0.25) is 0 Å². The third kappa shape index (κ3) is 2.60. The Bertz CT molecular complexity index is 929. The number of H-pyrrole nitrogens is 1. The van der Waals surface area contributed by atoms with Crippen molar-refractivity contribution in [2.75, 3.05) is 5.32 Å². The van der Waals surface area contributed by atoms with Crippen LogP contribution in [0, 0.1) is 11.3 Å². The molecule has 0 saturated carbocycles. The van der Waals surface area contributed by atoms with Gasteiger partial charge in [0.25, 0.3) is 0 Å². The molecule has 108 valence electrons. The number of fused-ring (bicyclic) bond motifs is 1. The van der Waals surface area contributed by atoms with Gasteiger partial charge in [0.1, 0.15) is 6.54 Å². The summed E-state index contributed by atoms with van der Waals surface area (Å²) >= 11 is 0. The maximum atomic E-state index is 12.1. The Kier molecular flexibility index (Phi) is 3.46. The van der Waals surface area contributed by atoms with Gasteiger partial charge in [-0.05, 0) is 36.4 Å². The lowest BCUT2D eigenvalue weighted by atomic mass is 10.2. The van der Waals surface area contributed by atoms with Gasteiger partial charge in [0, 0.05) is 5.69 Å². The molecule has 2 aromatic carbocycles. The third-order valence-electron chi connectivity index (χ3n) is 3.28. The highest BCUT2D eigenvalue weighted by Gasteiger charge is 2.10. The van der Waals surface area contributed by atoms with Crippen LogP contribution in [0.1, 0.15) is 5.56 Å². The van der Waals surface area contributed by atoms with Crippen molar-refractivity contribution in [3.05, 3.63) is 64.6 Å². The highest BCUT2D eigenvalue weighted by atomic mass is 16.2. The number of hydrogen-bond donors (Lipinski definition) is 2. The lowest BCUT2D eigenvalue weighted by Crippen LogP contribution is -2.25. The molecule has 1 amide bonds. The average molecular weight is 292 g/mol. The molecule has 0 aliphatic carbocycles. The fraction of sp³-hybridized carbons (Fsp3) is 0.0625. The number of rotatable bonds is 3. The molecule has 22 heavy (non-hydrogen) atoms. The number of anilines is 1. The second-order valence-corrected chi connectivity index (χ2v) is 4.77. The molecule has 0 spiro atoms. The molecule has 6 nitrogen and oxygen atoms in total. The fourth-order valence-electron chi connectivity index (χ4n) is 2.24. The van der Waals surface area contributed by atoms with Gasteiger partial charge >= 0.3 is 5.69 Å². The van der Waals surface area contributed by atoms with Crippen molar-refractivity contribution in [2.45, 2.75) is 6.54 Å². The van der Waals surface area contributed by atoms with Crippen LogP contribution in [0.25, 0.3) is 11.0 Å². The van der Waals surface area contributed by atoms with Gasteiger partial charge < -0.3 is 10.3 Å². The van der Waals surface area contributed by atoms with Gasteiger partial charge in [-0.15, -0.1) is 0 Å². The number of aromatic nitrogens is 2. The third-order valence-corrected chi connectivity index (χ3v) is 3.28. The molecule has 0 saturated heterocycles. The topological polar surface area (TPSA) is 90.7 Å². The molecule has 0 aliphatic heterocycles. The van der Waals surface area contributed by atoms with Gasteiger partial charge in [0.05, 0.1) is 22.7 Å². The molecule has 0 radical (unpaired) electrons. The normalized spacial score (nSPS) is 10.3. The van der Waals surface area contributed by atoms with Gasteiger partial charge in [-0.25, -0.2) is 4.79 Å². The van der Waals surface area contributed by atoms with Crippen molar-refractivity contribution in [1.29, 1.82) is 5.26 Å². The summed E-state index contributed by atoms with van der Waals surface area (Å²) in [5.41, 5.74) is 2.15. The number of hydrogen-bond acceptors (Lipinski definition) is 3. The second-order valence-electron chi connectivity index (χ2n) is 4.77. The van der Waals surface area contributed by atoms with E-state index in [1.54, 1.807) is 36.4 Å². The van der Waals surface area contributed by atoms with E-state index in [4.69, 9.17) is 5.26 Å². The van der Waals surface area contributed by atoms with Crippen molar-refractivity contribution in [3.8, 4) is 6.07 Å². The largest absolute Gasteiger partial charge is 0.326 e. The summed E-state index contributed by atoms with van der Waals surface area (Å²) in [4.78, 5) is 26.7. The molecule has 1 heterocycles. The molecule has 0 atom stereocenters. The molecule has 0 aliphatic rings. The fourth-order valence-corrected chi connectivity index (χ4v) is 2.24. The molecule has 0 bridgehead atoms. The predicted octanol–water partition coefficient (Wildman–Crippen LogP) is 1.84. The van der Waals surface area contributed by atoms with Crippen LogP contribution in [0.3, 0.4) is 0 Å².